The summed E-state index contributed by atoms with van der Waals surface area (Å²) < 4.78 is 5.24. The summed E-state index contributed by atoms with van der Waals surface area (Å²) in [6.07, 6.45) is 4.61. The molecular weight excluding hydrogens is 252 g/mol. The van der Waals surface area contributed by atoms with Crippen LogP contribution in [0.2, 0.25) is 0 Å². The number of hydrogen-bond donors (Lipinski definition) is 2. The molecule has 2 N–H and O–H groups in total. The molecule has 1 saturated carbocycles. The van der Waals surface area contributed by atoms with Crippen LogP contribution in [0.5, 0.6) is 0 Å². The maximum Gasteiger partial charge on any atom is 0.0611 e. The fraction of sp³-hybridized carbons (Fsp3) is 1.00. The van der Waals surface area contributed by atoms with Crippen molar-refractivity contribution in [1.82, 2.24) is 10.2 Å². The van der Waals surface area contributed by atoms with E-state index in [1.54, 1.807) is 7.11 Å². The molecule has 0 heterocycles. The number of rotatable bonds is 11. The molecule has 1 aliphatic carbocycles. The van der Waals surface area contributed by atoms with Crippen LogP contribution in [0, 0.1) is 0 Å². The van der Waals surface area contributed by atoms with Crippen LogP contribution < -0.4 is 5.32 Å². The second kappa shape index (κ2) is 8.32. The van der Waals surface area contributed by atoms with Gasteiger partial charge in [-0.1, -0.05) is 6.92 Å². The number of nitrogens with zero attached hydrogens (tertiary/aromatic N) is 1. The Hall–Kier alpha value is -0.160. The minimum atomic E-state index is -0.167. The monoisotopic (exact) mass is 286 g/mol. The van der Waals surface area contributed by atoms with Gasteiger partial charge in [-0.2, -0.15) is 0 Å². The molecule has 4 nitrogen and oxygen atoms in total. The molecule has 0 bridgehead atoms. The molecule has 0 spiro atoms. The van der Waals surface area contributed by atoms with Gasteiger partial charge in [-0.25, -0.2) is 0 Å². The van der Waals surface area contributed by atoms with Crippen molar-refractivity contribution in [2.24, 2.45) is 0 Å². The molecule has 1 aliphatic rings. The van der Waals surface area contributed by atoms with Gasteiger partial charge in [0.2, 0.25) is 0 Å². The number of methoxy groups -OCH3 is 1. The lowest BCUT2D eigenvalue weighted by Gasteiger charge is -2.39. The van der Waals surface area contributed by atoms with Crippen LogP contribution in [0.4, 0.5) is 0 Å². The van der Waals surface area contributed by atoms with Crippen LogP contribution >= 0.6 is 0 Å². The van der Waals surface area contributed by atoms with Gasteiger partial charge in [-0.3, -0.25) is 4.90 Å². The quantitative estimate of drug-likeness (QED) is 0.610. The Morgan fingerprint density at radius 3 is 2.45 bits per heavy atom. The zero-order valence-electron chi connectivity index (χ0n) is 14.0. The Morgan fingerprint density at radius 1 is 1.35 bits per heavy atom. The maximum atomic E-state index is 9.76. The van der Waals surface area contributed by atoms with E-state index in [2.05, 4.69) is 37.9 Å². The van der Waals surface area contributed by atoms with Crippen LogP contribution in [0.3, 0.4) is 0 Å². The van der Waals surface area contributed by atoms with Gasteiger partial charge in [0.25, 0.3) is 0 Å². The first-order valence-corrected chi connectivity index (χ1v) is 8.09. The molecular formula is C16H34N2O2. The summed E-state index contributed by atoms with van der Waals surface area (Å²) in [5.41, 5.74) is -0.167. The second-order valence-electron chi connectivity index (χ2n) is 6.68. The van der Waals surface area contributed by atoms with Gasteiger partial charge in [0, 0.05) is 37.3 Å². The first-order chi connectivity index (χ1) is 9.45. The summed E-state index contributed by atoms with van der Waals surface area (Å²) in [7, 11) is 1.76. The Bertz CT molecular complexity index is 271. The van der Waals surface area contributed by atoms with E-state index in [4.69, 9.17) is 4.74 Å². The maximum absolute atomic E-state index is 9.76. The SMILES string of the molecule is CCC(C)N(CCOC)C(C)CC(C)(CO)NC1CC1. The van der Waals surface area contributed by atoms with Gasteiger partial charge in [0.1, 0.15) is 0 Å². The van der Waals surface area contributed by atoms with Crippen molar-refractivity contribution in [2.45, 2.75) is 77.0 Å². The van der Waals surface area contributed by atoms with Gasteiger partial charge < -0.3 is 15.2 Å². The van der Waals surface area contributed by atoms with Crippen molar-refractivity contribution in [2.75, 3.05) is 26.9 Å². The van der Waals surface area contributed by atoms with Crippen molar-refractivity contribution in [3.63, 3.8) is 0 Å². The van der Waals surface area contributed by atoms with E-state index in [0.717, 1.165) is 26.0 Å². The third-order valence-electron chi connectivity index (χ3n) is 4.50. The third kappa shape index (κ3) is 5.68. The van der Waals surface area contributed by atoms with Gasteiger partial charge in [0.15, 0.2) is 0 Å². The zero-order chi connectivity index (χ0) is 15.2. The fourth-order valence-corrected chi connectivity index (χ4v) is 2.97. The molecule has 4 heteroatoms. The first kappa shape index (κ1) is 17.9. The second-order valence-corrected chi connectivity index (χ2v) is 6.68. The third-order valence-corrected chi connectivity index (χ3v) is 4.50. The van der Waals surface area contributed by atoms with E-state index in [9.17, 15) is 5.11 Å². The molecule has 20 heavy (non-hydrogen) atoms. The molecule has 1 rings (SSSR count). The van der Waals surface area contributed by atoms with Gasteiger partial charge in [0.05, 0.1) is 13.2 Å². The molecule has 0 aliphatic heterocycles. The summed E-state index contributed by atoms with van der Waals surface area (Å²) in [6.45, 7) is 10.8. The largest absolute Gasteiger partial charge is 0.394 e. The van der Waals surface area contributed by atoms with Crippen molar-refractivity contribution in [1.29, 1.82) is 0 Å². The number of nitrogens with one attached hydrogen (secondary N) is 1. The van der Waals surface area contributed by atoms with E-state index in [0.29, 0.717) is 18.1 Å². The Kier molecular flexibility index (Phi) is 7.45. The summed E-state index contributed by atoms with van der Waals surface area (Å²) in [5.74, 6) is 0. The number of ether oxygens (including phenoxy) is 1. The Labute approximate surface area is 124 Å². The van der Waals surface area contributed by atoms with Gasteiger partial charge in [-0.15, -0.1) is 0 Å². The number of aliphatic hydroxyl groups excluding tert-OH is 1. The summed E-state index contributed by atoms with van der Waals surface area (Å²) in [4.78, 5) is 2.51. The van der Waals surface area contributed by atoms with Gasteiger partial charge in [-0.05, 0) is 46.5 Å². The lowest BCUT2D eigenvalue weighted by molar-refractivity contribution is 0.0646. The van der Waals surface area contributed by atoms with Crippen LogP contribution in [0.1, 0.15) is 53.4 Å². The highest BCUT2D eigenvalue weighted by atomic mass is 16.5. The van der Waals surface area contributed by atoms with Crippen LogP contribution in [0.15, 0.2) is 0 Å². The highest BCUT2D eigenvalue weighted by molar-refractivity contribution is 4.94. The summed E-state index contributed by atoms with van der Waals surface area (Å²) in [6, 6.07) is 1.60. The topological polar surface area (TPSA) is 44.7 Å². The minimum absolute atomic E-state index is 0.167. The lowest BCUT2D eigenvalue weighted by Crippen LogP contribution is -2.53. The van der Waals surface area contributed by atoms with Crippen LogP contribution in [-0.2, 0) is 4.74 Å². The molecule has 1 fully saturated rings. The van der Waals surface area contributed by atoms with E-state index in [1.165, 1.54) is 12.8 Å². The lowest BCUT2D eigenvalue weighted by atomic mass is 9.92. The average molecular weight is 286 g/mol. The predicted octanol–water partition coefficient (Wildman–Crippen LogP) is 2.01. The number of hydrogen-bond acceptors (Lipinski definition) is 4. The predicted molar refractivity (Wildman–Crippen MR) is 84.1 cm³/mol. The summed E-state index contributed by atoms with van der Waals surface area (Å²) >= 11 is 0. The molecule has 3 atom stereocenters. The highest BCUT2D eigenvalue weighted by Crippen LogP contribution is 2.26. The molecule has 0 amide bonds. The van der Waals surface area contributed by atoms with Crippen LogP contribution in [-0.4, -0.2) is 60.5 Å². The smallest absolute Gasteiger partial charge is 0.0611 e. The molecule has 0 aromatic heterocycles. The Morgan fingerprint density at radius 2 is 2.00 bits per heavy atom. The average Bonchev–Trinajstić information content (AvgIpc) is 3.22. The molecule has 3 unspecified atom stereocenters. The minimum Gasteiger partial charge on any atom is -0.394 e. The molecule has 0 aromatic carbocycles. The normalized spacial score (nSPS) is 21.8. The van der Waals surface area contributed by atoms with E-state index < -0.39 is 0 Å². The molecule has 0 saturated heterocycles. The molecule has 0 aromatic rings. The number of aliphatic hydroxyl groups is 1. The fourth-order valence-electron chi connectivity index (χ4n) is 2.97. The van der Waals surface area contributed by atoms with Crippen molar-refractivity contribution in [3.8, 4) is 0 Å². The highest BCUT2D eigenvalue weighted by Gasteiger charge is 2.34. The van der Waals surface area contributed by atoms with E-state index in [1.807, 2.05) is 0 Å². The van der Waals surface area contributed by atoms with Crippen molar-refractivity contribution in [3.05, 3.63) is 0 Å². The molecule has 120 valence electrons. The van der Waals surface area contributed by atoms with Crippen molar-refractivity contribution >= 4 is 0 Å². The van der Waals surface area contributed by atoms with E-state index in [-0.39, 0.29) is 12.1 Å². The molecule has 0 radical (unpaired) electrons. The first-order valence-electron chi connectivity index (χ1n) is 8.09. The van der Waals surface area contributed by atoms with Crippen LogP contribution in [0.25, 0.3) is 0 Å². The van der Waals surface area contributed by atoms with E-state index >= 15 is 0 Å². The van der Waals surface area contributed by atoms with Gasteiger partial charge >= 0.3 is 0 Å². The van der Waals surface area contributed by atoms with Crippen molar-refractivity contribution < 1.29 is 9.84 Å². The zero-order valence-corrected chi connectivity index (χ0v) is 14.0. The summed E-state index contributed by atoms with van der Waals surface area (Å²) in [5, 5.41) is 13.4. The Balaban J connectivity index is 2.59. The standard InChI is InChI=1S/C16H34N2O2/c1-6-13(2)18(9-10-20-5)14(3)11-16(4,12-19)17-15-7-8-15/h13-15,17,19H,6-12H2,1-5H3.